The van der Waals surface area contributed by atoms with Crippen LogP contribution in [0.25, 0.3) is 10.9 Å². The number of para-hydroxylation sites is 1. The summed E-state index contributed by atoms with van der Waals surface area (Å²) in [7, 11) is 0. The van der Waals surface area contributed by atoms with Crippen LogP contribution in [0.4, 0.5) is 5.82 Å². The molecule has 0 unspecified atom stereocenters. The van der Waals surface area contributed by atoms with E-state index in [0.717, 1.165) is 35.4 Å². The molecule has 1 aromatic heterocycles. The molecule has 2 aromatic rings. The van der Waals surface area contributed by atoms with Crippen LogP contribution in [0.2, 0.25) is 0 Å². The first-order valence-corrected chi connectivity index (χ1v) is 7.25. The van der Waals surface area contributed by atoms with Gasteiger partial charge in [0.25, 0.3) is 0 Å². The number of nitrogens with one attached hydrogen (secondary N) is 1. The average Bonchev–Trinajstić information content (AvgIpc) is 2.75. The first kappa shape index (κ1) is 12.9. The first-order valence-electron chi connectivity index (χ1n) is 7.25. The van der Waals surface area contributed by atoms with Gasteiger partial charge in [-0.1, -0.05) is 31.0 Å². The van der Waals surface area contributed by atoms with Gasteiger partial charge in [0.15, 0.2) is 0 Å². The second-order valence-corrected chi connectivity index (χ2v) is 5.36. The summed E-state index contributed by atoms with van der Waals surface area (Å²) < 4.78 is 0. The number of hydrogen-bond donors (Lipinski definition) is 2. The second-order valence-electron chi connectivity index (χ2n) is 5.36. The lowest BCUT2D eigenvalue weighted by Crippen LogP contribution is -2.25. The van der Waals surface area contributed by atoms with Crippen molar-refractivity contribution >= 4 is 22.6 Å². The summed E-state index contributed by atoms with van der Waals surface area (Å²) in [5.41, 5.74) is 7.45. The third-order valence-electron chi connectivity index (χ3n) is 3.92. The molecule has 0 spiro atoms. The summed E-state index contributed by atoms with van der Waals surface area (Å²) in [4.78, 5) is 7.08. The third kappa shape index (κ3) is 2.46. The Hall–Kier alpha value is -2.10. The monoisotopic (exact) mass is 268 g/mol. The normalized spacial score (nSPS) is 16.1. The van der Waals surface area contributed by atoms with E-state index in [9.17, 15) is 0 Å². The number of rotatable bonds is 2. The molecule has 0 saturated carbocycles. The van der Waals surface area contributed by atoms with E-state index in [-0.39, 0.29) is 5.84 Å². The molecule has 1 aromatic carbocycles. The minimum absolute atomic E-state index is 0.111. The molecule has 0 radical (unpaired) electrons. The average molecular weight is 268 g/mol. The highest BCUT2D eigenvalue weighted by Gasteiger charge is 2.14. The molecule has 0 amide bonds. The number of benzene rings is 1. The van der Waals surface area contributed by atoms with Gasteiger partial charge in [-0.3, -0.25) is 5.41 Å². The van der Waals surface area contributed by atoms with Crippen molar-refractivity contribution in [3.63, 3.8) is 0 Å². The zero-order chi connectivity index (χ0) is 13.9. The van der Waals surface area contributed by atoms with E-state index >= 15 is 0 Å². The van der Waals surface area contributed by atoms with E-state index in [1.54, 1.807) is 0 Å². The lowest BCUT2D eigenvalue weighted by Gasteiger charge is -2.22. The molecule has 2 heterocycles. The minimum Gasteiger partial charge on any atom is -0.384 e. The number of anilines is 1. The van der Waals surface area contributed by atoms with Crippen molar-refractivity contribution in [3.8, 4) is 0 Å². The Bertz CT molecular complexity index is 627. The Morgan fingerprint density at radius 3 is 2.50 bits per heavy atom. The highest BCUT2D eigenvalue weighted by atomic mass is 15.2. The molecule has 3 rings (SSSR count). The van der Waals surface area contributed by atoms with Crippen LogP contribution in [-0.4, -0.2) is 23.9 Å². The van der Waals surface area contributed by atoms with Crippen molar-refractivity contribution in [3.05, 3.63) is 35.9 Å². The number of pyridine rings is 1. The van der Waals surface area contributed by atoms with Crippen molar-refractivity contribution in [2.24, 2.45) is 5.73 Å². The number of nitrogen functional groups attached to an aromatic ring is 1. The topological polar surface area (TPSA) is 66.0 Å². The Balaban J connectivity index is 2.09. The van der Waals surface area contributed by atoms with Gasteiger partial charge in [-0.25, -0.2) is 4.98 Å². The number of nitrogens with two attached hydrogens (primary N) is 1. The van der Waals surface area contributed by atoms with Crippen LogP contribution in [0.1, 0.15) is 31.2 Å². The van der Waals surface area contributed by atoms with Crippen LogP contribution < -0.4 is 10.6 Å². The van der Waals surface area contributed by atoms with Gasteiger partial charge < -0.3 is 10.6 Å². The third-order valence-corrected chi connectivity index (χ3v) is 3.92. The number of aromatic nitrogens is 1. The number of hydrogen-bond acceptors (Lipinski definition) is 3. The van der Waals surface area contributed by atoms with E-state index in [1.807, 2.05) is 30.3 Å². The second kappa shape index (κ2) is 5.49. The summed E-state index contributed by atoms with van der Waals surface area (Å²) in [5.74, 6) is 1.07. The van der Waals surface area contributed by atoms with Crippen LogP contribution in [0.3, 0.4) is 0 Å². The zero-order valence-electron chi connectivity index (χ0n) is 11.6. The summed E-state index contributed by atoms with van der Waals surface area (Å²) in [6.45, 7) is 2.09. The van der Waals surface area contributed by atoms with Crippen LogP contribution in [0, 0.1) is 5.41 Å². The Morgan fingerprint density at radius 1 is 1.10 bits per heavy atom. The Kier molecular flexibility index (Phi) is 3.54. The lowest BCUT2D eigenvalue weighted by atomic mass is 10.1. The van der Waals surface area contributed by atoms with Gasteiger partial charge in [0.05, 0.1) is 5.52 Å². The minimum atomic E-state index is 0.111. The molecule has 104 valence electrons. The highest BCUT2D eigenvalue weighted by molar-refractivity contribution is 6.07. The van der Waals surface area contributed by atoms with Crippen molar-refractivity contribution < 1.29 is 0 Å². The maximum atomic E-state index is 7.80. The fourth-order valence-electron chi connectivity index (χ4n) is 2.85. The van der Waals surface area contributed by atoms with Crippen LogP contribution in [-0.2, 0) is 0 Å². The van der Waals surface area contributed by atoms with Gasteiger partial charge >= 0.3 is 0 Å². The molecule has 1 saturated heterocycles. The van der Waals surface area contributed by atoms with Gasteiger partial charge in [0.2, 0.25) is 0 Å². The SMILES string of the molecule is N=C(N)c1cc(N2CCCCCC2)nc2ccccc12. The van der Waals surface area contributed by atoms with E-state index < -0.39 is 0 Å². The summed E-state index contributed by atoms with van der Waals surface area (Å²) >= 11 is 0. The molecular weight excluding hydrogens is 248 g/mol. The van der Waals surface area contributed by atoms with Gasteiger partial charge in [0.1, 0.15) is 11.7 Å². The maximum Gasteiger partial charge on any atom is 0.129 e. The molecular formula is C16H20N4. The van der Waals surface area contributed by atoms with Gasteiger partial charge in [-0.2, -0.15) is 0 Å². The van der Waals surface area contributed by atoms with E-state index in [1.165, 1.54) is 25.7 Å². The number of amidine groups is 1. The van der Waals surface area contributed by atoms with Gasteiger partial charge in [-0.05, 0) is 25.0 Å². The van der Waals surface area contributed by atoms with Crippen LogP contribution >= 0.6 is 0 Å². The van der Waals surface area contributed by atoms with Crippen molar-refractivity contribution in [2.45, 2.75) is 25.7 Å². The van der Waals surface area contributed by atoms with Crippen LogP contribution in [0.15, 0.2) is 30.3 Å². The largest absolute Gasteiger partial charge is 0.384 e. The first-order chi connectivity index (χ1) is 9.75. The zero-order valence-corrected chi connectivity index (χ0v) is 11.6. The molecule has 0 atom stereocenters. The number of fused-ring (bicyclic) bond motifs is 1. The number of nitrogens with zero attached hydrogens (tertiary/aromatic N) is 2. The van der Waals surface area contributed by atoms with Crippen molar-refractivity contribution in [2.75, 3.05) is 18.0 Å². The molecule has 4 heteroatoms. The predicted molar refractivity (Wildman–Crippen MR) is 83.4 cm³/mol. The van der Waals surface area contributed by atoms with Crippen LogP contribution in [0.5, 0.6) is 0 Å². The molecule has 1 fully saturated rings. The molecule has 1 aliphatic heterocycles. The van der Waals surface area contributed by atoms with Crippen molar-refractivity contribution in [1.29, 1.82) is 5.41 Å². The summed E-state index contributed by atoms with van der Waals surface area (Å²) in [6.07, 6.45) is 5.01. The Morgan fingerprint density at radius 2 is 1.80 bits per heavy atom. The summed E-state index contributed by atoms with van der Waals surface area (Å²) in [5, 5.41) is 8.76. The quantitative estimate of drug-likeness (QED) is 0.650. The molecule has 0 aliphatic carbocycles. The molecule has 4 nitrogen and oxygen atoms in total. The van der Waals surface area contributed by atoms with E-state index in [0.29, 0.717) is 0 Å². The summed E-state index contributed by atoms with van der Waals surface area (Å²) in [6, 6.07) is 9.87. The maximum absolute atomic E-state index is 7.80. The fourth-order valence-corrected chi connectivity index (χ4v) is 2.85. The smallest absolute Gasteiger partial charge is 0.129 e. The fraction of sp³-hybridized carbons (Fsp3) is 0.375. The molecule has 1 aliphatic rings. The Labute approximate surface area is 119 Å². The van der Waals surface area contributed by atoms with Gasteiger partial charge in [0, 0.05) is 24.0 Å². The molecule has 3 N–H and O–H groups in total. The highest BCUT2D eigenvalue weighted by Crippen LogP contribution is 2.24. The predicted octanol–water partition coefficient (Wildman–Crippen LogP) is 2.90. The van der Waals surface area contributed by atoms with E-state index in [2.05, 4.69) is 4.90 Å². The lowest BCUT2D eigenvalue weighted by molar-refractivity contribution is 0.726. The van der Waals surface area contributed by atoms with E-state index in [4.69, 9.17) is 16.1 Å². The molecule has 20 heavy (non-hydrogen) atoms. The standard InChI is InChI=1S/C16H20N4/c17-16(18)13-11-15(20-9-5-1-2-6-10-20)19-14-8-4-3-7-12(13)14/h3-4,7-8,11H,1-2,5-6,9-10H2,(H3,17,18). The van der Waals surface area contributed by atoms with Gasteiger partial charge in [-0.15, -0.1) is 0 Å². The van der Waals surface area contributed by atoms with Crippen molar-refractivity contribution in [1.82, 2.24) is 4.98 Å². The molecule has 0 bridgehead atoms.